The molecule has 0 unspecified atom stereocenters. The number of aryl methyl sites for hydroxylation is 2. The molecule has 0 fully saturated rings. The summed E-state index contributed by atoms with van der Waals surface area (Å²) in [5.41, 5.74) is 0.930. The van der Waals surface area contributed by atoms with Crippen molar-refractivity contribution in [3.05, 3.63) is 15.9 Å². The zero-order valence-corrected chi connectivity index (χ0v) is 9.72. The molecular formula is C8H10BrF3N2O. The lowest BCUT2D eigenvalue weighted by atomic mass is 10.2. The molecule has 1 aromatic heterocycles. The van der Waals surface area contributed by atoms with Gasteiger partial charge in [0.1, 0.15) is 0 Å². The normalized spacial score (nSPS) is 14.3. The van der Waals surface area contributed by atoms with Crippen LogP contribution in [0.2, 0.25) is 0 Å². The summed E-state index contributed by atoms with van der Waals surface area (Å²) >= 11 is 3.13. The standard InChI is InChI=1S/C8H10BrF3N2O/c1-4-7(9)5(14(2)13-4)3-6(15)8(10,11)12/h6,15H,3H2,1-2H3/t6-/m1/s1. The molecule has 1 atom stereocenters. The number of rotatable bonds is 2. The van der Waals surface area contributed by atoms with Crippen molar-refractivity contribution in [3.8, 4) is 0 Å². The maximum absolute atomic E-state index is 12.1. The molecule has 0 saturated carbocycles. The molecule has 15 heavy (non-hydrogen) atoms. The van der Waals surface area contributed by atoms with Gasteiger partial charge in [-0.15, -0.1) is 0 Å². The molecule has 0 saturated heterocycles. The van der Waals surface area contributed by atoms with E-state index in [0.717, 1.165) is 0 Å². The first-order valence-corrected chi connectivity index (χ1v) is 4.95. The number of aliphatic hydroxyl groups is 1. The number of alkyl halides is 3. The van der Waals surface area contributed by atoms with Crippen LogP contribution in [0.5, 0.6) is 0 Å². The molecular weight excluding hydrogens is 277 g/mol. The Balaban J connectivity index is 2.90. The fourth-order valence-electron chi connectivity index (χ4n) is 1.20. The summed E-state index contributed by atoms with van der Waals surface area (Å²) < 4.78 is 38.2. The predicted molar refractivity (Wildman–Crippen MR) is 51.4 cm³/mol. The topological polar surface area (TPSA) is 38.0 Å². The molecule has 0 aliphatic carbocycles. The Hall–Kier alpha value is -0.560. The molecule has 3 nitrogen and oxygen atoms in total. The first kappa shape index (κ1) is 12.5. The molecule has 0 spiro atoms. The van der Waals surface area contributed by atoms with E-state index in [1.807, 2.05) is 0 Å². The van der Waals surface area contributed by atoms with E-state index in [1.54, 1.807) is 6.92 Å². The van der Waals surface area contributed by atoms with E-state index >= 15 is 0 Å². The molecule has 0 bridgehead atoms. The third-order valence-electron chi connectivity index (χ3n) is 2.03. The number of aromatic nitrogens is 2. The highest BCUT2D eigenvalue weighted by Crippen LogP contribution is 2.27. The van der Waals surface area contributed by atoms with Crippen LogP contribution < -0.4 is 0 Å². The van der Waals surface area contributed by atoms with Gasteiger partial charge < -0.3 is 5.11 Å². The summed E-state index contributed by atoms with van der Waals surface area (Å²) in [6.07, 6.45) is -7.46. The predicted octanol–water partition coefficient (Wildman–Crippen LogP) is 1.96. The van der Waals surface area contributed by atoms with E-state index in [2.05, 4.69) is 21.0 Å². The molecule has 1 aromatic rings. The summed E-state index contributed by atoms with van der Waals surface area (Å²) in [6, 6.07) is 0. The van der Waals surface area contributed by atoms with Crippen molar-refractivity contribution in [1.29, 1.82) is 0 Å². The van der Waals surface area contributed by atoms with E-state index in [1.165, 1.54) is 11.7 Å². The molecule has 0 radical (unpaired) electrons. The van der Waals surface area contributed by atoms with Gasteiger partial charge in [-0.2, -0.15) is 18.3 Å². The van der Waals surface area contributed by atoms with Gasteiger partial charge in [0.15, 0.2) is 6.10 Å². The minimum absolute atomic E-state index is 0.331. The Bertz CT molecular complexity index is 362. The van der Waals surface area contributed by atoms with Crippen molar-refractivity contribution >= 4 is 15.9 Å². The van der Waals surface area contributed by atoms with Crippen LogP contribution >= 0.6 is 15.9 Å². The zero-order chi connectivity index (χ0) is 11.8. The number of hydrogen-bond acceptors (Lipinski definition) is 2. The lowest BCUT2D eigenvalue weighted by molar-refractivity contribution is -0.203. The van der Waals surface area contributed by atoms with Crippen LogP contribution in [0.1, 0.15) is 11.4 Å². The fourth-order valence-corrected chi connectivity index (χ4v) is 1.70. The number of aliphatic hydroxyl groups excluding tert-OH is 1. The number of halogens is 4. The summed E-state index contributed by atoms with van der Waals surface area (Å²) in [6.45, 7) is 1.67. The maximum Gasteiger partial charge on any atom is 0.414 e. The second-order valence-electron chi connectivity index (χ2n) is 3.23. The minimum Gasteiger partial charge on any atom is -0.383 e. The van der Waals surface area contributed by atoms with Gasteiger partial charge in [-0.25, -0.2) is 0 Å². The zero-order valence-electron chi connectivity index (χ0n) is 8.14. The van der Waals surface area contributed by atoms with Crippen LogP contribution in [0.15, 0.2) is 4.47 Å². The highest BCUT2D eigenvalue weighted by molar-refractivity contribution is 9.10. The van der Waals surface area contributed by atoms with Crippen LogP contribution in [-0.4, -0.2) is 27.2 Å². The number of nitrogens with zero attached hydrogens (tertiary/aromatic N) is 2. The van der Waals surface area contributed by atoms with E-state index in [9.17, 15) is 13.2 Å². The van der Waals surface area contributed by atoms with Crippen molar-refractivity contribution in [3.63, 3.8) is 0 Å². The van der Waals surface area contributed by atoms with Crippen LogP contribution in [0.3, 0.4) is 0 Å². The summed E-state index contributed by atoms with van der Waals surface area (Å²) in [4.78, 5) is 0. The molecule has 7 heteroatoms. The first-order valence-electron chi connectivity index (χ1n) is 4.16. The second kappa shape index (κ2) is 4.13. The van der Waals surface area contributed by atoms with Crippen molar-refractivity contribution < 1.29 is 18.3 Å². The summed E-state index contributed by atoms with van der Waals surface area (Å²) in [7, 11) is 1.54. The van der Waals surface area contributed by atoms with Crippen LogP contribution in [0.25, 0.3) is 0 Å². The molecule has 1 heterocycles. The SMILES string of the molecule is Cc1nn(C)c(C[C@@H](O)C(F)(F)F)c1Br. The van der Waals surface area contributed by atoms with Gasteiger partial charge in [-0.1, -0.05) is 0 Å². The van der Waals surface area contributed by atoms with E-state index < -0.39 is 18.7 Å². The first-order chi connectivity index (χ1) is 6.73. The third-order valence-corrected chi connectivity index (χ3v) is 3.06. The second-order valence-corrected chi connectivity index (χ2v) is 4.02. The summed E-state index contributed by atoms with van der Waals surface area (Å²) in [5, 5.41) is 12.8. The average Bonchev–Trinajstić information content (AvgIpc) is 2.30. The lowest BCUT2D eigenvalue weighted by Crippen LogP contribution is -2.31. The lowest BCUT2D eigenvalue weighted by Gasteiger charge is -2.14. The average molecular weight is 287 g/mol. The van der Waals surface area contributed by atoms with Gasteiger partial charge >= 0.3 is 6.18 Å². The largest absolute Gasteiger partial charge is 0.414 e. The molecule has 1 N–H and O–H groups in total. The highest BCUT2D eigenvalue weighted by Gasteiger charge is 2.39. The van der Waals surface area contributed by atoms with Crippen LogP contribution in [0.4, 0.5) is 13.2 Å². The molecule has 1 rings (SSSR count). The Kier molecular flexibility index (Phi) is 3.44. The van der Waals surface area contributed by atoms with Gasteiger partial charge in [0.05, 0.1) is 15.9 Å². The molecule has 86 valence electrons. The monoisotopic (exact) mass is 286 g/mol. The smallest absolute Gasteiger partial charge is 0.383 e. The maximum atomic E-state index is 12.1. The Morgan fingerprint density at radius 2 is 2.07 bits per heavy atom. The molecule has 0 aliphatic rings. The molecule has 0 amide bonds. The Labute approximate surface area is 93.0 Å². The molecule has 0 aromatic carbocycles. The minimum atomic E-state index is -4.60. The van der Waals surface area contributed by atoms with E-state index in [-0.39, 0.29) is 0 Å². The van der Waals surface area contributed by atoms with Gasteiger partial charge in [0, 0.05) is 13.5 Å². The van der Waals surface area contributed by atoms with Crippen LogP contribution in [-0.2, 0) is 13.5 Å². The Morgan fingerprint density at radius 1 is 1.53 bits per heavy atom. The highest BCUT2D eigenvalue weighted by atomic mass is 79.9. The van der Waals surface area contributed by atoms with Crippen molar-refractivity contribution in [2.45, 2.75) is 25.6 Å². The Morgan fingerprint density at radius 3 is 2.40 bits per heavy atom. The van der Waals surface area contributed by atoms with Gasteiger partial charge in [0.2, 0.25) is 0 Å². The van der Waals surface area contributed by atoms with Crippen molar-refractivity contribution in [1.82, 2.24) is 9.78 Å². The number of hydrogen-bond donors (Lipinski definition) is 1. The van der Waals surface area contributed by atoms with Crippen molar-refractivity contribution in [2.75, 3.05) is 0 Å². The molecule has 0 aliphatic heterocycles. The van der Waals surface area contributed by atoms with E-state index in [0.29, 0.717) is 15.9 Å². The quantitative estimate of drug-likeness (QED) is 0.903. The van der Waals surface area contributed by atoms with E-state index in [4.69, 9.17) is 5.11 Å². The fraction of sp³-hybridized carbons (Fsp3) is 0.625. The van der Waals surface area contributed by atoms with Crippen molar-refractivity contribution in [2.24, 2.45) is 7.05 Å². The van der Waals surface area contributed by atoms with Crippen LogP contribution in [0, 0.1) is 6.92 Å². The third kappa shape index (κ3) is 2.72. The van der Waals surface area contributed by atoms with Gasteiger partial charge in [-0.3, -0.25) is 4.68 Å². The summed E-state index contributed by atoms with van der Waals surface area (Å²) in [5.74, 6) is 0. The van der Waals surface area contributed by atoms with Gasteiger partial charge in [-0.05, 0) is 22.9 Å². The van der Waals surface area contributed by atoms with Gasteiger partial charge in [0.25, 0.3) is 0 Å².